The van der Waals surface area contributed by atoms with Crippen molar-refractivity contribution in [1.82, 2.24) is 14.9 Å². The Labute approximate surface area is 171 Å². The molecule has 0 aliphatic heterocycles. The van der Waals surface area contributed by atoms with Crippen LogP contribution in [0.2, 0.25) is 0 Å². The van der Waals surface area contributed by atoms with Gasteiger partial charge in [-0.2, -0.15) is 13.2 Å². The summed E-state index contributed by atoms with van der Waals surface area (Å²) in [5, 5.41) is 4.13. The van der Waals surface area contributed by atoms with E-state index < -0.39 is 12.8 Å². The third kappa shape index (κ3) is 4.27. The summed E-state index contributed by atoms with van der Waals surface area (Å²) in [4.78, 5) is 16.8. The molecule has 3 aromatic rings. The number of rotatable bonds is 6. The number of nitrogens with zero attached hydrogens (tertiary/aromatic N) is 2. The summed E-state index contributed by atoms with van der Waals surface area (Å²) in [6.07, 6.45) is -0.276. The fraction of sp³-hybridized carbons (Fsp3) is 0.364. The van der Waals surface area contributed by atoms with E-state index in [1.54, 1.807) is 13.0 Å². The molecule has 1 aliphatic carbocycles. The number of carbonyl (C=O) groups is 1. The Morgan fingerprint density at radius 2 is 2.07 bits per heavy atom. The summed E-state index contributed by atoms with van der Waals surface area (Å²) in [5.41, 5.74) is 2.89. The summed E-state index contributed by atoms with van der Waals surface area (Å²) in [5.74, 6) is 0.0921. The number of nitrogens with one attached hydrogen (secondary N) is 1. The van der Waals surface area contributed by atoms with Gasteiger partial charge < -0.3 is 14.6 Å². The van der Waals surface area contributed by atoms with Crippen LogP contribution in [0.1, 0.15) is 36.6 Å². The highest BCUT2D eigenvalue weighted by atomic mass is 19.4. The van der Waals surface area contributed by atoms with E-state index in [-0.39, 0.29) is 29.5 Å². The normalized spacial score (nSPS) is 19.5. The van der Waals surface area contributed by atoms with Gasteiger partial charge in [-0.05, 0) is 43.0 Å². The highest BCUT2D eigenvalue weighted by Crippen LogP contribution is 2.50. The third-order valence-electron chi connectivity index (χ3n) is 5.42. The van der Waals surface area contributed by atoms with Gasteiger partial charge in [-0.25, -0.2) is 0 Å². The van der Waals surface area contributed by atoms with Crippen molar-refractivity contribution < 1.29 is 22.7 Å². The molecule has 0 spiro atoms. The van der Waals surface area contributed by atoms with Crippen LogP contribution in [0.3, 0.4) is 0 Å². The lowest BCUT2D eigenvalue weighted by Crippen LogP contribution is -2.29. The molecular formula is C22H22F3N3O2. The smallest absolute Gasteiger partial charge is 0.422 e. The number of alkyl halides is 3. The van der Waals surface area contributed by atoms with Crippen LogP contribution < -0.4 is 10.1 Å². The van der Waals surface area contributed by atoms with Gasteiger partial charge in [-0.1, -0.05) is 18.2 Å². The number of aryl methyl sites for hydroxylation is 1. The van der Waals surface area contributed by atoms with E-state index in [0.29, 0.717) is 5.69 Å². The zero-order valence-electron chi connectivity index (χ0n) is 16.6. The van der Waals surface area contributed by atoms with Gasteiger partial charge in [0, 0.05) is 30.1 Å². The molecule has 4 rings (SSSR count). The molecule has 1 aliphatic rings. The first-order chi connectivity index (χ1) is 14.2. The van der Waals surface area contributed by atoms with Gasteiger partial charge in [0.05, 0.1) is 17.9 Å². The molecule has 0 radical (unpaired) electrons. The number of pyridine rings is 1. The summed E-state index contributed by atoms with van der Waals surface area (Å²) in [7, 11) is 2.00. The van der Waals surface area contributed by atoms with Gasteiger partial charge in [-0.3, -0.25) is 9.78 Å². The second kappa shape index (κ2) is 7.66. The van der Waals surface area contributed by atoms with Crippen molar-refractivity contribution in [2.24, 2.45) is 13.0 Å². The zero-order chi connectivity index (χ0) is 21.5. The minimum atomic E-state index is -4.40. The van der Waals surface area contributed by atoms with Gasteiger partial charge in [-0.15, -0.1) is 0 Å². The molecule has 0 saturated heterocycles. The number of amides is 1. The Kier molecular flexibility index (Phi) is 5.17. The topological polar surface area (TPSA) is 56.2 Å². The molecule has 158 valence electrons. The van der Waals surface area contributed by atoms with Gasteiger partial charge in [0.15, 0.2) is 6.61 Å². The highest BCUT2D eigenvalue weighted by Gasteiger charge is 2.45. The second-order valence-corrected chi connectivity index (χ2v) is 7.71. The van der Waals surface area contributed by atoms with E-state index in [0.717, 1.165) is 11.9 Å². The average molecular weight is 417 g/mol. The summed E-state index contributed by atoms with van der Waals surface area (Å²) < 4.78 is 43.4. The first-order valence-electron chi connectivity index (χ1n) is 9.73. The molecule has 2 unspecified atom stereocenters. The Morgan fingerprint density at radius 1 is 1.30 bits per heavy atom. The van der Waals surface area contributed by atoms with Crippen LogP contribution in [0.5, 0.6) is 5.75 Å². The van der Waals surface area contributed by atoms with E-state index in [2.05, 4.69) is 37.9 Å². The van der Waals surface area contributed by atoms with Crippen LogP contribution in [-0.4, -0.2) is 28.2 Å². The number of benzene rings is 1. The Balaban J connectivity index is 1.36. The zero-order valence-corrected chi connectivity index (χ0v) is 16.6. The molecule has 1 saturated carbocycles. The van der Waals surface area contributed by atoms with Crippen molar-refractivity contribution in [3.63, 3.8) is 0 Å². The third-order valence-corrected chi connectivity index (χ3v) is 5.42. The number of halogens is 3. The van der Waals surface area contributed by atoms with E-state index >= 15 is 0 Å². The first kappa shape index (κ1) is 20.3. The fourth-order valence-corrected chi connectivity index (χ4v) is 3.79. The average Bonchev–Trinajstić information content (AvgIpc) is 3.44. The van der Waals surface area contributed by atoms with Crippen molar-refractivity contribution >= 4 is 16.8 Å². The molecule has 8 heteroatoms. The van der Waals surface area contributed by atoms with Crippen molar-refractivity contribution in [3.05, 3.63) is 60.0 Å². The maximum atomic E-state index is 12.7. The first-order valence-corrected chi connectivity index (χ1v) is 9.73. The number of aromatic nitrogens is 2. The monoisotopic (exact) mass is 417 g/mol. The molecule has 2 aromatic heterocycles. The summed E-state index contributed by atoms with van der Waals surface area (Å²) >= 11 is 0. The molecule has 0 bridgehead atoms. The van der Waals surface area contributed by atoms with E-state index in [4.69, 9.17) is 0 Å². The fourth-order valence-electron chi connectivity index (χ4n) is 3.79. The van der Waals surface area contributed by atoms with Crippen molar-refractivity contribution in [1.29, 1.82) is 0 Å². The maximum absolute atomic E-state index is 12.7. The molecule has 2 heterocycles. The van der Waals surface area contributed by atoms with Crippen molar-refractivity contribution in [3.8, 4) is 5.75 Å². The van der Waals surface area contributed by atoms with E-state index in [1.807, 2.05) is 19.2 Å². The molecule has 5 nitrogen and oxygen atoms in total. The summed E-state index contributed by atoms with van der Waals surface area (Å²) in [6.45, 7) is 0.434. The molecule has 30 heavy (non-hydrogen) atoms. The minimum Gasteiger partial charge on any atom is -0.483 e. The van der Waals surface area contributed by atoms with Crippen LogP contribution in [-0.2, 0) is 11.8 Å². The second-order valence-electron chi connectivity index (χ2n) is 7.71. The number of ether oxygens (including phenoxy) is 1. The lowest BCUT2D eigenvalue weighted by Gasteiger charge is -2.14. The Bertz CT molecular complexity index is 1060. The Morgan fingerprint density at radius 3 is 2.77 bits per heavy atom. The molecule has 1 aromatic carbocycles. The van der Waals surface area contributed by atoms with E-state index in [9.17, 15) is 18.0 Å². The van der Waals surface area contributed by atoms with Crippen LogP contribution in [0.4, 0.5) is 13.2 Å². The number of para-hydroxylation sites is 1. The van der Waals surface area contributed by atoms with Crippen LogP contribution in [0, 0.1) is 5.92 Å². The molecular weight excluding hydrogens is 395 g/mol. The summed E-state index contributed by atoms with van der Waals surface area (Å²) in [6, 6.07) is 10.8. The highest BCUT2D eigenvalue weighted by molar-refractivity contribution is 5.89. The van der Waals surface area contributed by atoms with Crippen molar-refractivity contribution in [2.45, 2.75) is 31.5 Å². The SMILES string of the molecule is C[C@@H](NC(=O)C1CC1c1cn(C)c2ccccc12)c1ccc(OCC(F)(F)F)cn1. The quantitative estimate of drug-likeness (QED) is 0.643. The van der Waals surface area contributed by atoms with E-state index in [1.165, 1.54) is 23.2 Å². The predicted octanol–water partition coefficient (Wildman–Crippen LogP) is 4.50. The molecule has 1 N–H and O–H groups in total. The largest absolute Gasteiger partial charge is 0.483 e. The number of fused-ring (bicyclic) bond motifs is 1. The van der Waals surface area contributed by atoms with Crippen LogP contribution in [0.15, 0.2) is 48.8 Å². The minimum absolute atomic E-state index is 0.0350. The maximum Gasteiger partial charge on any atom is 0.422 e. The molecule has 1 amide bonds. The van der Waals surface area contributed by atoms with Gasteiger partial charge >= 0.3 is 6.18 Å². The standard InChI is InChI=1S/C22H22F3N3O2/c1-13(19-8-7-14(10-26-19)30-12-22(23,24)25)27-21(29)17-9-16(17)18-11-28(2)20-6-4-3-5-15(18)20/h3-8,10-11,13,16-17H,9,12H2,1-2H3,(H,27,29)/t13-,16?,17?/m1/s1. The lowest BCUT2D eigenvalue weighted by molar-refractivity contribution is -0.153. The van der Waals surface area contributed by atoms with Crippen LogP contribution in [0.25, 0.3) is 10.9 Å². The molecule has 3 atom stereocenters. The molecule has 1 fully saturated rings. The number of carbonyl (C=O) groups excluding carboxylic acids is 1. The van der Waals surface area contributed by atoms with Crippen molar-refractivity contribution in [2.75, 3.05) is 6.61 Å². The number of hydrogen-bond acceptors (Lipinski definition) is 3. The van der Waals surface area contributed by atoms with Crippen LogP contribution >= 0.6 is 0 Å². The van der Waals surface area contributed by atoms with Gasteiger partial charge in [0.25, 0.3) is 0 Å². The lowest BCUT2D eigenvalue weighted by atomic mass is 10.1. The van der Waals surface area contributed by atoms with Gasteiger partial charge in [0.2, 0.25) is 5.91 Å². The Hall–Kier alpha value is -3.03. The number of hydrogen-bond donors (Lipinski definition) is 1. The van der Waals surface area contributed by atoms with Gasteiger partial charge in [0.1, 0.15) is 5.75 Å². The predicted molar refractivity (Wildman–Crippen MR) is 106 cm³/mol.